The summed E-state index contributed by atoms with van der Waals surface area (Å²) in [4.78, 5) is 25.2. The fourth-order valence-corrected chi connectivity index (χ4v) is 3.55. The third-order valence-corrected chi connectivity index (χ3v) is 4.78. The molecule has 2 rings (SSSR count). The lowest BCUT2D eigenvalue weighted by atomic mass is 10.1. The standard InChI is InChI=1S/C15H19FN2O3S/c1-11(19)17-13-5-3-7-18(9-13)15(20)10-22(21)14-6-2-4-12(16)8-14/h2,4,6,8,13H,3,5,7,9-10H2,1H3,(H,17,19)/t13-,22-/m0/s1. The largest absolute Gasteiger partial charge is 0.352 e. The van der Waals surface area contributed by atoms with Gasteiger partial charge in [-0.2, -0.15) is 0 Å². The number of hydrogen-bond donors (Lipinski definition) is 1. The second-order valence-corrected chi connectivity index (χ2v) is 6.78. The molecule has 120 valence electrons. The number of carbonyl (C=O) groups excluding carboxylic acids is 2. The molecular weight excluding hydrogens is 307 g/mol. The average Bonchev–Trinajstić information content (AvgIpc) is 2.46. The molecule has 1 aromatic rings. The number of piperidine rings is 1. The van der Waals surface area contributed by atoms with Gasteiger partial charge in [0.2, 0.25) is 11.8 Å². The Morgan fingerprint density at radius 3 is 2.91 bits per heavy atom. The van der Waals surface area contributed by atoms with Crippen molar-refractivity contribution in [1.82, 2.24) is 10.2 Å². The SMILES string of the molecule is CC(=O)N[C@H]1CCCN(C(=O)C[S@](=O)c2cccc(F)c2)C1. The van der Waals surface area contributed by atoms with Crippen LogP contribution in [0.5, 0.6) is 0 Å². The van der Waals surface area contributed by atoms with Crippen LogP contribution < -0.4 is 5.32 Å². The summed E-state index contributed by atoms with van der Waals surface area (Å²) in [5.74, 6) is -1.00. The van der Waals surface area contributed by atoms with Crippen LogP contribution in [0.3, 0.4) is 0 Å². The van der Waals surface area contributed by atoms with Crippen LogP contribution in [0, 0.1) is 5.82 Å². The lowest BCUT2D eigenvalue weighted by molar-refractivity contribution is -0.130. The van der Waals surface area contributed by atoms with E-state index in [1.54, 1.807) is 11.0 Å². The van der Waals surface area contributed by atoms with Crippen LogP contribution in [-0.2, 0) is 20.4 Å². The van der Waals surface area contributed by atoms with Gasteiger partial charge in [0.15, 0.2) is 0 Å². The van der Waals surface area contributed by atoms with Crippen molar-refractivity contribution < 1.29 is 18.2 Å². The van der Waals surface area contributed by atoms with Crippen molar-refractivity contribution in [3.63, 3.8) is 0 Å². The van der Waals surface area contributed by atoms with Crippen LogP contribution in [0.1, 0.15) is 19.8 Å². The molecule has 1 N–H and O–H groups in total. The van der Waals surface area contributed by atoms with Gasteiger partial charge in [0.05, 0.1) is 10.8 Å². The van der Waals surface area contributed by atoms with E-state index < -0.39 is 16.6 Å². The Hall–Kier alpha value is -1.76. The molecule has 0 spiro atoms. The minimum absolute atomic E-state index is 0.0576. The highest BCUT2D eigenvalue weighted by molar-refractivity contribution is 7.85. The molecule has 1 fully saturated rings. The molecule has 1 aliphatic rings. The summed E-state index contributed by atoms with van der Waals surface area (Å²) in [5.41, 5.74) is 0. The molecule has 2 atom stereocenters. The Labute approximate surface area is 131 Å². The first-order chi connectivity index (χ1) is 10.5. The van der Waals surface area contributed by atoms with Crippen LogP contribution in [-0.4, -0.2) is 45.8 Å². The van der Waals surface area contributed by atoms with E-state index in [2.05, 4.69) is 5.32 Å². The van der Waals surface area contributed by atoms with Gasteiger partial charge in [-0.25, -0.2) is 4.39 Å². The second-order valence-electron chi connectivity index (χ2n) is 5.33. The Balaban J connectivity index is 1.93. The molecule has 1 aromatic carbocycles. The zero-order valence-electron chi connectivity index (χ0n) is 12.4. The quantitative estimate of drug-likeness (QED) is 0.900. The van der Waals surface area contributed by atoms with E-state index in [9.17, 15) is 18.2 Å². The van der Waals surface area contributed by atoms with Gasteiger partial charge in [-0.3, -0.25) is 13.8 Å². The zero-order chi connectivity index (χ0) is 16.1. The lowest BCUT2D eigenvalue weighted by Gasteiger charge is -2.33. The van der Waals surface area contributed by atoms with E-state index in [0.717, 1.165) is 12.8 Å². The fourth-order valence-electron chi connectivity index (χ4n) is 2.50. The maximum atomic E-state index is 13.1. The molecule has 1 heterocycles. The number of nitrogens with one attached hydrogen (secondary N) is 1. The van der Waals surface area contributed by atoms with Crippen LogP contribution in [0.2, 0.25) is 0 Å². The van der Waals surface area contributed by atoms with E-state index in [4.69, 9.17) is 0 Å². The molecule has 0 aliphatic carbocycles. The third-order valence-electron chi connectivity index (χ3n) is 3.50. The summed E-state index contributed by atoms with van der Waals surface area (Å²) in [7, 11) is -1.57. The van der Waals surface area contributed by atoms with Crippen molar-refractivity contribution in [3.05, 3.63) is 30.1 Å². The molecule has 1 aliphatic heterocycles. The van der Waals surface area contributed by atoms with E-state index in [1.807, 2.05) is 0 Å². The van der Waals surface area contributed by atoms with E-state index in [0.29, 0.717) is 18.0 Å². The maximum absolute atomic E-state index is 13.1. The van der Waals surface area contributed by atoms with Crippen molar-refractivity contribution in [3.8, 4) is 0 Å². The van der Waals surface area contributed by atoms with Crippen molar-refractivity contribution in [2.75, 3.05) is 18.8 Å². The number of halogens is 1. The highest BCUT2D eigenvalue weighted by Gasteiger charge is 2.25. The molecule has 7 heteroatoms. The number of amides is 2. The lowest BCUT2D eigenvalue weighted by Crippen LogP contribution is -2.50. The number of nitrogens with zero attached hydrogens (tertiary/aromatic N) is 1. The number of rotatable bonds is 4. The topological polar surface area (TPSA) is 66.5 Å². The number of benzene rings is 1. The minimum Gasteiger partial charge on any atom is -0.352 e. The van der Waals surface area contributed by atoms with Gasteiger partial charge in [0.1, 0.15) is 11.6 Å². The van der Waals surface area contributed by atoms with Crippen molar-refractivity contribution in [2.24, 2.45) is 0 Å². The number of carbonyl (C=O) groups is 2. The Morgan fingerprint density at radius 1 is 1.45 bits per heavy atom. The van der Waals surface area contributed by atoms with Crippen molar-refractivity contribution in [1.29, 1.82) is 0 Å². The summed E-state index contributed by atoms with van der Waals surface area (Å²) in [6.07, 6.45) is 1.62. The van der Waals surface area contributed by atoms with Gasteiger partial charge in [-0.1, -0.05) is 6.07 Å². The Morgan fingerprint density at radius 2 is 2.23 bits per heavy atom. The molecule has 2 amide bonds. The van der Waals surface area contributed by atoms with Crippen LogP contribution in [0.25, 0.3) is 0 Å². The highest BCUT2D eigenvalue weighted by atomic mass is 32.2. The molecule has 0 saturated carbocycles. The smallest absolute Gasteiger partial charge is 0.235 e. The Bertz CT molecular complexity index is 594. The van der Waals surface area contributed by atoms with E-state index >= 15 is 0 Å². The van der Waals surface area contributed by atoms with Gasteiger partial charge in [0, 0.05) is 31.0 Å². The first kappa shape index (κ1) is 16.6. The summed E-state index contributed by atoms with van der Waals surface area (Å²) in [6, 6.07) is 5.41. The van der Waals surface area contributed by atoms with Gasteiger partial charge in [-0.05, 0) is 31.0 Å². The van der Waals surface area contributed by atoms with Gasteiger partial charge in [-0.15, -0.1) is 0 Å². The molecule has 22 heavy (non-hydrogen) atoms. The monoisotopic (exact) mass is 326 g/mol. The zero-order valence-corrected chi connectivity index (χ0v) is 13.2. The Kier molecular flexibility index (Phi) is 5.65. The predicted octanol–water partition coefficient (Wildman–Crippen LogP) is 1.06. The van der Waals surface area contributed by atoms with Crippen LogP contribution in [0.4, 0.5) is 4.39 Å². The second kappa shape index (κ2) is 7.49. The van der Waals surface area contributed by atoms with E-state index in [1.165, 1.54) is 25.1 Å². The van der Waals surface area contributed by atoms with Gasteiger partial charge < -0.3 is 10.2 Å². The molecule has 5 nitrogen and oxygen atoms in total. The average molecular weight is 326 g/mol. The fraction of sp³-hybridized carbons (Fsp3) is 0.467. The normalized spacial score (nSPS) is 19.5. The summed E-state index contributed by atoms with van der Waals surface area (Å²) >= 11 is 0. The number of likely N-dealkylation sites (tertiary alicyclic amines) is 1. The molecule has 0 unspecified atom stereocenters. The number of hydrogen-bond acceptors (Lipinski definition) is 3. The summed E-state index contributed by atoms with van der Waals surface area (Å²) in [6.45, 7) is 2.47. The molecule has 1 saturated heterocycles. The molecular formula is C15H19FN2O3S. The highest BCUT2D eigenvalue weighted by Crippen LogP contribution is 2.13. The first-order valence-electron chi connectivity index (χ1n) is 7.14. The van der Waals surface area contributed by atoms with Gasteiger partial charge >= 0.3 is 0 Å². The third kappa shape index (κ3) is 4.62. The first-order valence-corrected chi connectivity index (χ1v) is 8.46. The summed E-state index contributed by atoms with van der Waals surface area (Å²) < 4.78 is 25.3. The van der Waals surface area contributed by atoms with Crippen LogP contribution in [0.15, 0.2) is 29.2 Å². The molecule has 0 aromatic heterocycles. The van der Waals surface area contributed by atoms with Crippen molar-refractivity contribution >= 4 is 22.6 Å². The maximum Gasteiger partial charge on any atom is 0.235 e. The predicted molar refractivity (Wildman–Crippen MR) is 81.1 cm³/mol. The van der Waals surface area contributed by atoms with Crippen molar-refractivity contribution in [2.45, 2.75) is 30.7 Å². The summed E-state index contributed by atoms with van der Waals surface area (Å²) in [5, 5.41) is 2.80. The minimum atomic E-state index is -1.57. The van der Waals surface area contributed by atoms with Gasteiger partial charge in [0.25, 0.3) is 0 Å². The molecule has 0 bridgehead atoms. The molecule has 0 radical (unpaired) electrons. The van der Waals surface area contributed by atoms with Crippen LogP contribution >= 0.6 is 0 Å². The van der Waals surface area contributed by atoms with E-state index in [-0.39, 0.29) is 23.6 Å².